The van der Waals surface area contributed by atoms with Crippen LogP contribution in [0.5, 0.6) is 0 Å². The first-order valence-corrected chi connectivity index (χ1v) is 7.20. The van der Waals surface area contributed by atoms with Crippen molar-refractivity contribution in [1.82, 2.24) is 0 Å². The van der Waals surface area contributed by atoms with Crippen LogP contribution in [0.15, 0.2) is 18.2 Å². The first-order chi connectivity index (χ1) is 8.61. The van der Waals surface area contributed by atoms with Crippen LogP contribution < -0.4 is 5.73 Å². The van der Waals surface area contributed by atoms with E-state index in [0.717, 1.165) is 18.8 Å². The summed E-state index contributed by atoms with van der Waals surface area (Å²) in [7, 11) is 0. The fourth-order valence-electron chi connectivity index (χ4n) is 3.05. The number of hydrogen-bond donors (Lipinski definition) is 1. The van der Waals surface area contributed by atoms with Crippen LogP contribution in [0.1, 0.15) is 50.6 Å². The standard InChI is InChI=1S/C15H21ClFN/c1-2-10-4-3-5-11(8-10)15(18)13-9-12(16)6-7-14(13)17/h6-7,9-11,15H,2-5,8,18H2,1H3. The molecule has 3 unspecified atom stereocenters. The van der Waals surface area contributed by atoms with Gasteiger partial charge in [0.15, 0.2) is 0 Å². The maximum absolute atomic E-state index is 13.8. The molecule has 0 saturated heterocycles. The van der Waals surface area contributed by atoms with Crippen LogP contribution in [0.2, 0.25) is 5.02 Å². The molecular weight excluding hydrogens is 249 g/mol. The molecule has 1 saturated carbocycles. The molecule has 0 aromatic heterocycles. The Balaban J connectivity index is 2.14. The molecule has 1 aliphatic rings. The molecule has 0 radical (unpaired) electrons. The minimum Gasteiger partial charge on any atom is -0.324 e. The predicted octanol–water partition coefficient (Wildman–Crippen LogP) is 4.70. The van der Waals surface area contributed by atoms with Crippen molar-refractivity contribution >= 4 is 11.6 Å². The Kier molecular flexibility index (Phi) is 4.63. The summed E-state index contributed by atoms with van der Waals surface area (Å²) in [4.78, 5) is 0. The maximum Gasteiger partial charge on any atom is 0.128 e. The molecule has 3 heteroatoms. The predicted molar refractivity (Wildman–Crippen MR) is 74.1 cm³/mol. The molecule has 1 aliphatic carbocycles. The average Bonchev–Trinajstić information content (AvgIpc) is 2.41. The van der Waals surface area contributed by atoms with Gasteiger partial charge in [-0.25, -0.2) is 4.39 Å². The first-order valence-electron chi connectivity index (χ1n) is 6.82. The van der Waals surface area contributed by atoms with E-state index in [1.54, 1.807) is 12.1 Å². The summed E-state index contributed by atoms with van der Waals surface area (Å²) in [6.45, 7) is 2.22. The monoisotopic (exact) mass is 269 g/mol. The highest BCUT2D eigenvalue weighted by molar-refractivity contribution is 6.30. The molecule has 0 heterocycles. The average molecular weight is 270 g/mol. The molecule has 2 N–H and O–H groups in total. The second-order valence-corrected chi connectivity index (χ2v) is 5.83. The molecule has 18 heavy (non-hydrogen) atoms. The number of benzene rings is 1. The summed E-state index contributed by atoms with van der Waals surface area (Å²) in [5.41, 5.74) is 6.83. The number of rotatable bonds is 3. The Hall–Kier alpha value is -0.600. The Morgan fingerprint density at radius 1 is 1.44 bits per heavy atom. The lowest BCUT2D eigenvalue weighted by Crippen LogP contribution is -2.27. The molecule has 1 fully saturated rings. The summed E-state index contributed by atoms with van der Waals surface area (Å²) in [6.07, 6.45) is 5.91. The third-order valence-corrected chi connectivity index (χ3v) is 4.46. The summed E-state index contributed by atoms with van der Waals surface area (Å²) in [6, 6.07) is 4.44. The van der Waals surface area contributed by atoms with Crippen molar-refractivity contribution in [3.05, 3.63) is 34.6 Å². The summed E-state index contributed by atoms with van der Waals surface area (Å²) < 4.78 is 13.8. The van der Waals surface area contributed by atoms with Crippen LogP contribution in [0.25, 0.3) is 0 Å². The molecule has 2 rings (SSSR count). The quantitative estimate of drug-likeness (QED) is 0.846. The highest BCUT2D eigenvalue weighted by Crippen LogP contribution is 2.38. The molecule has 1 aromatic rings. The molecular formula is C15H21ClFN. The lowest BCUT2D eigenvalue weighted by atomic mass is 9.75. The zero-order valence-corrected chi connectivity index (χ0v) is 11.6. The van der Waals surface area contributed by atoms with Gasteiger partial charge in [0.05, 0.1) is 0 Å². The molecule has 100 valence electrons. The van der Waals surface area contributed by atoms with Gasteiger partial charge in [0, 0.05) is 16.6 Å². The van der Waals surface area contributed by atoms with Gasteiger partial charge in [-0.15, -0.1) is 0 Å². The fourth-order valence-corrected chi connectivity index (χ4v) is 3.23. The van der Waals surface area contributed by atoms with Crippen molar-refractivity contribution in [3.8, 4) is 0 Å². The van der Waals surface area contributed by atoms with Crippen LogP contribution in [0, 0.1) is 17.7 Å². The zero-order chi connectivity index (χ0) is 13.1. The largest absolute Gasteiger partial charge is 0.324 e. The van der Waals surface area contributed by atoms with E-state index in [9.17, 15) is 4.39 Å². The summed E-state index contributed by atoms with van der Waals surface area (Å²) in [5, 5.41) is 0.560. The van der Waals surface area contributed by atoms with Crippen molar-refractivity contribution in [2.45, 2.75) is 45.1 Å². The third kappa shape index (κ3) is 3.04. The maximum atomic E-state index is 13.8. The highest BCUT2D eigenvalue weighted by atomic mass is 35.5. The molecule has 0 spiro atoms. The SMILES string of the molecule is CCC1CCCC(C(N)c2cc(Cl)ccc2F)C1. The number of hydrogen-bond acceptors (Lipinski definition) is 1. The van der Waals surface area contributed by atoms with Gasteiger partial charge < -0.3 is 5.73 Å². The smallest absolute Gasteiger partial charge is 0.128 e. The Morgan fingerprint density at radius 3 is 2.94 bits per heavy atom. The van der Waals surface area contributed by atoms with Crippen LogP contribution in [0.3, 0.4) is 0 Å². The molecule has 3 atom stereocenters. The van der Waals surface area contributed by atoms with Crippen LogP contribution in [0.4, 0.5) is 4.39 Å². The molecule has 1 aromatic carbocycles. The van der Waals surface area contributed by atoms with Gasteiger partial charge in [-0.3, -0.25) is 0 Å². The highest BCUT2D eigenvalue weighted by Gasteiger charge is 2.28. The van der Waals surface area contributed by atoms with Crippen LogP contribution >= 0.6 is 11.6 Å². The topological polar surface area (TPSA) is 26.0 Å². The number of halogens is 2. The van der Waals surface area contributed by atoms with Crippen molar-refractivity contribution in [3.63, 3.8) is 0 Å². The zero-order valence-electron chi connectivity index (χ0n) is 10.8. The Labute approximate surface area is 114 Å². The van der Waals surface area contributed by atoms with E-state index in [-0.39, 0.29) is 11.9 Å². The van der Waals surface area contributed by atoms with Gasteiger partial charge in [-0.1, -0.05) is 37.8 Å². The van der Waals surface area contributed by atoms with E-state index in [2.05, 4.69) is 6.92 Å². The second kappa shape index (κ2) is 6.03. The first kappa shape index (κ1) is 13.8. The summed E-state index contributed by atoms with van der Waals surface area (Å²) in [5.74, 6) is 0.902. The van der Waals surface area contributed by atoms with Crippen molar-refractivity contribution in [2.75, 3.05) is 0 Å². The Bertz CT molecular complexity index is 407. The fraction of sp³-hybridized carbons (Fsp3) is 0.600. The molecule has 1 nitrogen and oxygen atoms in total. The minimum absolute atomic E-state index is 0.224. The van der Waals surface area contributed by atoms with Crippen molar-refractivity contribution in [2.24, 2.45) is 17.6 Å². The van der Waals surface area contributed by atoms with E-state index in [1.807, 2.05) is 0 Å². The van der Waals surface area contributed by atoms with E-state index in [4.69, 9.17) is 17.3 Å². The van der Waals surface area contributed by atoms with Crippen LogP contribution in [-0.4, -0.2) is 0 Å². The van der Waals surface area contributed by atoms with Gasteiger partial charge in [0.25, 0.3) is 0 Å². The van der Waals surface area contributed by atoms with Gasteiger partial charge in [0.1, 0.15) is 5.82 Å². The molecule has 0 amide bonds. The van der Waals surface area contributed by atoms with E-state index >= 15 is 0 Å². The lowest BCUT2D eigenvalue weighted by molar-refractivity contribution is 0.228. The van der Waals surface area contributed by atoms with Gasteiger partial charge >= 0.3 is 0 Å². The lowest BCUT2D eigenvalue weighted by Gasteiger charge is -2.32. The third-order valence-electron chi connectivity index (χ3n) is 4.23. The van der Waals surface area contributed by atoms with Gasteiger partial charge in [0.2, 0.25) is 0 Å². The van der Waals surface area contributed by atoms with Gasteiger partial charge in [-0.2, -0.15) is 0 Å². The molecule has 0 aliphatic heterocycles. The summed E-state index contributed by atoms with van der Waals surface area (Å²) >= 11 is 5.93. The van der Waals surface area contributed by atoms with Crippen molar-refractivity contribution < 1.29 is 4.39 Å². The number of nitrogens with two attached hydrogens (primary N) is 1. The minimum atomic E-state index is -0.231. The van der Waals surface area contributed by atoms with Crippen LogP contribution in [-0.2, 0) is 0 Å². The van der Waals surface area contributed by atoms with E-state index < -0.39 is 0 Å². The van der Waals surface area contributed by atoms with Crippen molar-refractivity contribution in [1.29, 1.82) is 0 Å². The normalized spacial score (nSPS) is 26.0. The Morgan fingerprint density at radius 2 is 2.22 bits per heavy atom. The molecule has 0 bridgehead atoms. The van der Waals surface area contributed by atoms with E-state index in [1.165, 1.54) is 25.3 Å². The van der Waals surface area contributed by atoms with Gasteiger partial charge in [-0.05, 0) is 42.9 Å². The second-order valence-electron chi connectivity index (χ2n) is 5.39. The van der Waals surface area contributed by atoms with E-state index in [0.29, 0.717) is 16.5 Å².